The van der Waals surface area contributed by atoms with E-state index in [0.29, 0.717) is 40.5 Å². The molecule has 5 aliphatic rings. The van der Waals surface area contributed by atoms with Gasteiger partial charge in [0.25, 0.3) is 0 Å². The van der Waals surface area contributed by atoms with Crippen molar-refractivity contribution < 1.29 is 9.59 Å². The molecule has 0 aromatic rings. The Kier molecular flexibility index (Phi) is 3.67. The molecule has 0 heterocycles. The first-order valence-electron chi connectivity index (χ1n) is 9.38. The van der Waals surface area contributed by atoms with E-state index in [0.717, 1.165) is 0 Å². The summed E-state index contributed by atoms with van der Waals surface area (Å²) >= 11 is 3.99. The van der Waals surface area contributed by atoms with Crippen LogP contribution >= 0.6 is 23.5 Å². The Morgan fingerprint density at radius 1 is 0.826 bits per heavy atom. The number of carbonyl (C=O) groups is 2. The number of fused-ring (bicyclic) bond motifs is 10. The van der Waals surface area contributed by atoms with Gasteiger partial charge in [-0.1, -0.05) is 0 Å². The molecule has 9 unspecified atom stereocenters. The van der Waals surface area contributed by atoms with E-state index in [-0.39, 0.29) is 23.7 Å². The highest BCUT2D eigenvalue weighted by Crippen LogP contribution is 2.65. The summed E-state index contributed by atoms with van der Waals surface area (Å²) in [5.74, 6) is 6.18. The van der Waals surface area contributed by atoms with Crippen molar-refractivity contribution in [3.05, 3.63) is 0 Å². The van der Waals surface area contributed by atoms with E-state index in [9.17, 15) is 9.59 Å². The smallest absolute Gasteiger partial charge is 0.141 e. The van der Waals surface area contributed by atoms with Crippen LogP contribution in [0.2, 0.25) is 0 Å². The molecule has 0 spiro atoms. The molecular weight excluding hydrogens is 324 g/mol. The number of Topliss-reactive ketones (excluding diaryl/α,β-unsaturated/α-hetero) is 2. The molecule has 2 nitrogen and oxygen atoms in total. The molecule has 0 amide bonds. The van der Waals surface area contributed by atoms with Crippen molar-refractivity contribution in [2.75, 3.05) is 17.8 Å². The highest BCUT2D eigenvalue weighted by Gasteiger charge is 2.67. The lowest BCUT2D eigenvalue weighted by atomic mass is 9.58. The minimum atomic E-state index is 0.119. The Balaban J connectivity index is 1.40. The van der Waals surface area contributed by atoms with E-state index >= 15 is 0 Å². The lowest BCUT2D eigenvalue weighted by Gasteiger charge is -2.44. The first-order valence-corrected chi connectivity index (χ1v) is 11.8. The van der Waals surface area contributed by atoms with Gasteiger partial charge in [0, 0.05) is 40.4 Å². The molecule has 4 bridgehead atoms. The van der Waals surface area contributed by atoms with Crippen LogP contribution in [0, 0.1) is 47.3 Å². The maximum Gasteiger partial charge on any atom is 0.141 e. The van der Waals surface area contributed by atoms with Gasteiger partial charge in [0.1, 0.15) is 11.6 Å². The minimum absolute atomic E-state index is 0.119. The Bertz CT molecular complexity index is 547. The van der Waals surface area contributed by atoms with Gasteiger partial charge >= 0.3 is 0 Å². The monoisotopic (exact) mass is 350 g/mol. The molecule has 5 saturated carbocycles. The Morgan fingerprint density at radius 3 is 2.17 bits per heavy atom. The molecule has 9 atom stereocenters. The largest absolute Gasteiger partial charge is 0.299 e. The van der Waals surface area contributed by atoms with Crippen LogP contribution in [0.4, 0.5) is 0 Å². The number of carbonyl (C=O) groups excluding carboxylic acids is 2. The minimum Gasteiger partial charge on any atom is -0.299 e. The summed E-state index contributed by atoms with van der Waals surface area (Å²) in [6.07, 6.45) is 8.13. The average Bonchev–Trinajstić information content (AvgIpc) is 3.30. The van der Waals surface area contributed by atoms with E-state index in [1.54, 1.807) is 0 Å². The first-order chi connectivity index (χ1) is 11.2. The molecule has 126 valence electrons. The van der Waals surface area contributed by atoms with Crippen molar-refractivity contribution in [2.24, 2.45) is 47.3 Å². The molecule has 0 N–H and O–H groups in total. The fraction of sp³-hybridized carbons (Fsp3) is 0.895. The van der Waals surface area contributed by atoms with Gasteiger partial charge in [-0.2, -0.15) is 23.5 Å². The van der Waals surface area contributed by atoms with Crippen molar-refractivity contribution in [2.45, 2.75) is 37.4 Å². The maximum absolute atomic E-state index is 13.3. The number of ketones is 2. The zero-order valence-electron chi connectivity index (χ0n) is 13.8. The molecule has 5 aliphatic carbocycles. The van der Waals surface area contributed by atoms with Crippen LogP contribution in [0.1, 0.15) is 32.1 Å². The summed E-state index contributed by atoms with van der Waals surface area (Å²) in [4.78, 5) is 26.5. The summed E-state index contributed by atoms with van der Waals surface area (Å²) in [7, 11) is 0. The molecule has 5 rings (SSSR count). The van der Waals surface area contributed by atoms with Crippen LogP contribution in [0.15, 0.2) is 0 Å². The summed E-state index contributed by atoms with van der Waals surface area (Å²) < 4.78 is 0. The van der Waals surface area contributed by atoms with Gasteiger partial charge in [0.2, 0.25) is 0 Å². The third kappa shape index (κ3) is 2.03. The van der Waals surface area contributed by atoms with Crippen LogP contribution in [0.3, 0.4) is 0 Å². The van der Waals surface area contributed by atoms with Gasteiger partial charge < -0.3 is 0 Å². The third-order valence-electron chi connectivity index (χ3n) is 7.79. The molecule has 4 heteroatoms. The third-order valence-corrected chi connectivity index (χ3v) is 10.1. The summed E-state index contributed by atoms with van der Waals surface area (Å²) in [6, 6.07) is 0. The van der Waals surface area contributed by atoms with Gasteiger partial charge in [-0.15, -0.1) is 0 Å². The van der Waals surface area contributed by atoms with E-state index in [1.807, 2.05) is 11.8 Å². The van der Waals surface area contributed by atoms with Crippen LogP contribution < -0.4 is 0 Å². The summed E-state index contributed by atoms with van der Waals surface area (Å²) in [6.45, 7) is 0. The SMILES string of the molecule is CSCCSC1CC2CC1C1C(=O)C3C4CCC(C4)C3C(=O)C21. The summed E-state index contributed by atoms with van der Waals surface area (Å²) in [5.41, 5.74) is 0. The fourth-order valence-corrected chi connectivity index (χ4v) is 9.39. The Labute approximate surface area is 147 Å². The predicted octanol–water partition coefficient (Wildman–Crippen LogP) is 3.54. The molecule has 0 radical (unpaired) electrons. The second-order valence-electron chi connectivity index (χ2n) is 8.54. The zero-order chi connectivity index (χ0) is 15.7. The topological polar surface area (TPSA) is 34.1 Å². The summed E-state index contributed by atoms with van der Waals surface area (Å²) in [5, 5.41) is 0.653. The normalized spacial score (nSPS) is 53.0. The molecule has 0 saturated heterocycles. The van der Waals surface area contributed by atoms with Crippen molar-refractivity contribution in [3.8, 4) is 0 Å². The number of hydrogen-bond donors (Lipinski definition) is 0. The van der Waals surface area contributed by atoms with Crippen molar-refractivity contribution in [1.29, 1.82) is 0 Å². The first kappa shape index (κ1) is 15.3. The van der Waals surface area contributed by atoms with Crippen LogP contribution in [0.25, 0.3) is 0 Å². The lowest BCUT2D eigenvalue weighted by Crippen LogP contribution is -2.53. The van der Waals surface area contributed by atoms with E-state index in [4.69, 9.17) is 0 Å². The van der Waals surface area contributed by atoms with Crippen molar-refractivity contribution in [3.63, 3.8) is 0 Å². The molecule has 23 heavy (non-hydrogen) atoms. The number of thioether (sulfide) groups is 2. The second kappa shape index (κ2) is 5.52. The van der Waals surface area contributed by atoms with Gasteiger partial charge in [0.05, 0.1) is 0 Å². The fourth-order valence-electron chi connectivity index (χ4n) is 7.13. The molecule has 5 fully saturated rings. The molecular formula is C19H26O2S2. The highest BCUT2D eigenvalue weighted by atomic mass is 32.2. The number of rotatable bonds is 4. The molecule has 0 aliphatic heterocycles. The Hall–Kier alpha value is 0.0400. The van der Waals surface area contributed by atoms with Crippen LogP contribution in [-0.2, 0) is 9.59 Å². The van der Waals surface area contributed by atoms with Crippen molar-refractivity contribution in [1.82, 2.24) is 0 Å². The predicted molar refractivity (Wildman–Crippen MR) is 95.6 cm³/mol. The van der Waals surface area contributed by atoms with Gasteiger partial charge in [-0.25, -0.2) is 0 Å². The quantitative estimate of drug-likeness (QED) is 0.726. The lowest BCUT2D eigenvalue weighted by molar-refractivity contribution is -0.151. The van der Waals surface area contributed by atoms with Gasteiger partial charge in [-0.3, -0.25) is 9.59 Å². The second-order valence-corrected chi connectivity index (χ2v) is 10.9. The zero-order valence-corrected chi connectivity index (χ0v) is 15.4. The van der Waals surface area contributed by atoms with E-state index in [2.05, 4.69) is 18.0 Å². The Morgan fingerprint density at radius 2 is 1.48 bits per heavy atom. The van der Waals surface area contributed by atoms with E-state index < -0.39 is 0 Å². The molecule has 0 aromatic heterocycles. The standard InChI is InChI=1S/C19H26O2S2/c1-22-4-5-23-13-8-11-7-12(13)17-16(11)18(20)14-9-2-3-10(6-9)15(14)19(17)21/h9-17H,2-8H2,1H3. The van der Waals surface area contributed by atoms with Gasteiger partial charge in [0.15, 0.2) is 0 Å². The van der Waals surface area contributed by atoms with E-state index in [1.165, 1.54) is 43.6 Å². The average molecular weight is 351 g/mol. The van der Waals surface area contributed by atoms with Gasteiger partial charge in [-0.05, 0) is 62.0 Å². The van der Waals surface area contributed by atoms with Crippen LogP contribution in [0.5, 0.6) is 0 Å². The highest BCUT2D eigenvalue weighted by molar-refractivity contribution is 8.02. The maximum atomic E-state index is 13.3. The number of hydrogen-bond acceptors (Lipinski definition) is 4. The van der Waals surface area contributed by atoms with Crippen LogP contribution in [-0.4, -0.2) is 34.6 Å². The molecule has 0 aromatic carbocycles. The van der Waals surface area contributed by atoms with Crippen molar-refractivity contribution >= 4 is 35.1 Å².